The second kappa shape index (κ2) is 3.95. The van der Waals surface area contributed by atoms with Crippen molar-refractivity contribution in [2.75, 3.05) is 13.1 Å². The maximum atomic E-state index is 12.1. The molecule has 18 heavy (non-hydrogen) atoms. The predicted octanol–water partition coefficient (Wildman–Crippen LogP) is 2.13. The Morgan fingerprint density at radius 3 is 3.00 bits per heavy atom. The van der Waals surface area contributed by atoms with Crippen molar-refractivity contribution in [2.24, 2.45) is 0 Å². The van der Waals surface area contributed by atoms with Crippen molar-refractivity contribution in [3.63, 3.8) is 0 Å². The zero-order valence-corrected chi connectivity index (χ0v) is 10.7. The van der Waals surface area contributed by atoms with Crippen molar-refractivity contribution in [1.29, 1.82) is 0 Å². The molecule has 0 saturated carbocycles. The van der Waals surface area contributed by atoms with E-state index in [1.807, 2.05) is 6.07 Å². The van der Waals surface area contributed by atoms with Crippen LogP contribution in [-0.2, 0) is 0 Å². The fourth-order valence-electron chi connectivity index (χ4n) is 4.33. The molecule has 96 valence electrons. The first-order chi connectivity index (χ1) is 8.83. The van der Waals surface area contributed by atoms with Crippen LogP contribution in [0.1, 0.15) is 49.8 Å². The van der Waals surface area contributed by atoms with Gasteiger partial charge in [0.25, 0.3) is 5.56 Å². The van der Waals surface area contributed by atoms with Crippen molar-refractivity contribution in [3.8, 4) is 0 Å². The minimum Gasteiger partial charge on any atom is -0.309 e. The van der Waals surface area contributed by atoms with E-state index in [9.17, 15) is 4.79 Å². The Kier molecular flexibility index (Phi) is 2.37. The first-order valence-corrected chi connectivity index (χ1v) is 7.28. The van der Waals surface area contributed by atoms with E-state index in [1.165, 1.54) is 50.9 Å². The molecule has 3 heteroatoms. The van der Waals surface area contributed by atoms with Crippen molar-refractivity contribution >= 4 is 0 Å². The highest BCUT2D eigenvalue weighted by atomic mass is 16.1. The molecule has 0 aliphatic carbocycles. The van der Waals surface area contributed by atoms with Gasteiger partial charge < -0.3 is 4.57 Å². The standard InChI is InChI=1S/C15H20N2O/c18-15-6-3-5-14-11-8-13(17(14)15)9-12-4-1-2-7-16(12)10-11/h3,5-6,11-13H,1-2,4,7-10H2/t11-,12+,13+/m1/s1. The third-order valence-corrected chi connectivity index (χ3v) is 5.11. The van der Waals surface area contributed by atoms with E-state index in [0.29, 0.717) is 12.0 Å². The third kappa shape index (κ3) is 1.50. The smallest absolute Gasteiger partial charge is 0.250 e. The predicted molar refractivity (Wildman–Crippen MR) is 70.9 cm³/mol. The normalized spacial score (nSPS) is 34.8. The highest BCUT2D eigenvalue weighted by Crippen LogP contribution is 2.42. The van der Waals surface area contributed by atoms with Crippen LogP contribution in [0.4, 0.5) is 0 Å². The summed E-state index contributed by atoms with van der Waals surface area (Å²) >= 11 is 0. The molecule has 0 N–H and O–H groups in total. The number of hydrogen-bond acceptors (Lipinski definition) is 2. The quantitative estimate of drug-likeness (QED) is 0.698. The lowest BCUT2D eigenvalue weighted by Crippen LogP contribution is -2.42. The van der Waals surface area contributed by atoms with E-state index >= 15 is 0 Å². The number of piperidine rings is 1. The number of rotatable bonds is 0. The first kappa shape index (κ1) is 10.8. The van der Waals surface area contributed by atoms with Crippen molar-refractivity contribution in [3.05, 3.63) is 34.2 Å². The van der Waals surface area contributed by atoms with Gasteiger partial charge in [0.05, 0.1) is 0 Å². The van der Waals surface area contributed by atoms with Gasteiger partial charge in [0, 0.05) is 36.3 Å². The second-order valence-electron chi connectivity index (χ2n) is 6.13. The molecule has 1 aromatic rings. The number of aromatic nitrogens is 1. The van der Waals surface area contributed by atoms with Crippen molar-refractivity contribution < 1.29 is 0 Å². The molecule has 3 nitrogen and oxygen atoms in total. The molecule has 2 bridgehead atoms. The maximum absolute atomic E-state index is 12.1. The van der Waals surface area contributed by atoms with E-state index in [-0.39, 0.29) is 5.56 Å². The van der Waals surface area contributed by atoms with Gasteiger partial charge in [-0.2, -0.15) is 0 Å². The summed E-state index contributed by atoms with van der Waals surface area (Å²) in [6.07, 6.45) is 6.43. The minimum absolute atomic E-state index is 0.212. The Morgan fingerprint density at radius 1 is 1.11 bits per heavy atom. The molecule has 3 aliphatic heterocycles. The van der Waals surface area contributed by atoms with E-state index in [4.69, 9.17) is 0 Å². The molecular weight excluding hydrogens is 224 g/mol. The largest absolute Gasteiger partial charge is 0.309 e. The molecule has 0 aromatic carbocycles. The third-order valence-electron chi connectivity index (χ3n) is 5.11. The number of hydrogen-bond donors (Lipinski definition) is 0. The molecule has 4 heterocycles. The molecule has 2 fully saturated rings. The Balaban J connectivity index is 1.76. The van der Waals surface area contributed by atoms with Crippen LogP contribution in [0.3, 0.4) is 0 Å². The molecule has 0 spiro atoms. The van der Waals surface area contributed by atoms with Crippen LogP contribution in [0.5, 0.6) is 0 Å². The average Bonchev–Trinajstić information content (AvgIpc) is 2.60. The van der Waals surface area contributed by atoms with Crippen LogP contribution in [-0.4, -0.2) is 28.6 Å². The van der Waals surface area contributed by atoms with Crippen LogP contribution in [0.2, 0.25) is 0 Å². The monoisotopic (exact) mass is 244 g/mol. The highest BCUT2D eigenvalue weighted by molar-refractivity contribution is 5.20. The summed E-state index contributed by atoms with van der Waals surface area (Å²) in [4.78, 5) is 14.8. The summed E-state index contributed by atoms with van der Waals surface area (Å²) in [7, 11) is 0. The van der Waals surface area contributed by atoms with Gasteiger partial charge in [-0.3, -0.25) is 9.69 Å². The zero-order chi connectivity index (χ0) is 12.1. The van der Waals surface area contributed by atoms with Crippen LogP contribution in [0.15, 0.2) is 23.0 Å². The van der Waals surface area contributed by atoms with E-state index in [1.54, 1.807) is 6.07 Å². The van der Waals surface area contributed by atoms with Gasteiger partial charge in [-0.15, -0.1) is 0 Å². The lowest BCUT2D eigenvalue weighted by atomic mass is 9.97. The Bertz CT molecular complexity index is 521. The van der Waals surface area contributed by atoms with Gasteiger partial charge in [-0.25, -0.2) is 0 Å². The SMILES string of the molecule is O=c1cccc2n1[C@H]1C[C@@H]2CN2CCCC[C@H]2C1. The summed E-state index contributed by atoms with van der Waals surface area (Å²) in [5, 5.41) is 0. The molecule has 3 aliphatic rings. The molecule has 4 rings (SSSR count). The zero-order valence-electron chi connectivity index (χ0n) is 10.7. The van der Waals surface area contributed by atoms with Gasteiger partial charge in [-0.05, 0) is 38.3 Å². The Morgan fingerprint density at radius 2 is 2.06 bits per heavy atom. The van der Waals surface area contributed by atoms with Gasteiger partial charge in [0.15, 0.2) is 0 Å². The molecule has 0 unspecified atom stereocenters. The average molecular weight is 244 g/mol. The fraction of sp³-hybridized carbons (Fsp3) is 0.667. The highest BCUT2D eigenvalue weighted by Gasteiger charge is 2.39. The molecule has 0 amide bonds. The van der Waals surface area contributed by atoms with E-state index < -0.39 is 0 Å². The van der Waals surface area contributed by atoms with Crippen molar-refractivity contribution in [1.82, 2.24) is 9.47 Å². The molecule has 3 atom stereocenters. The van der Waals surface area contributed by atoms with Crippen LogP contribution >= 0.6 is 0 Å². The summed E-state index contributed by atoms with van der Waals surface area (Å²) in [5.74, 6) is 0.590. The summed E-state index contributed by atoms with van der Waals surface area (Å²) in [5.41, 5.74) is 1.50. The van der Waals surface area contributed by atoms with Crippen LogP contribution in [0, 0.1) is 0 Å². The number of pyridine rings is 1. The van der Waals surface area contributed by atoms with Gasteiger partial charge >= 0.3 is 0 Å². The lowest BCUT2D eigenvalue weighted by molar-refractivity contribution is 0.134. The van der Waals surface area contributed by atoms with Crippen molar-refractivity contribution in [2.45, 2.75) is 50.1 Å². The topological polar surface area (TPSA) is 25.2 Å². The lowest BCUT2D eigenvalue weighted by Gasteiger charge is -2.37. The van der Waals surface area contributed by atoms with Gasteiger partial charge in [0.1, 0.15) is 0 Å². The Hall–Kier alpha value is -1.09. The molecule has 2 saturated heterocycles. The number of fused-ring (bicyclic) bond motifs is 6. The maximum Gasteiger partial charge on any atom is 0.250 e. The van der Waals surface area contributed by atoms with Gasteiger partial charge in [-0.1, -0.05) is 12.5 Å². The van der Waals surface area contributed by atoms with Crippen LogP contribution in [0.25, 0.3) is 0 Å². The Labute approximate surface area is 107 Å². The summed E-state index contributed by atoms with van der Waals surface area (Å²) in [6.45, 7) is 2.44. The number of nitrogens with zero attached hydrogens (tertiary/aromatic N) is 2. The minimum atomic E-state index is 0.212. The van der Waals surface area contributed by atoms with Gasteiger partial charge in [0.2, 0.25) is 0 Å². The molecule has 0 radical (unpaired) electrons. The second-order valence-corrected chi connectivity index (χ2v) is 6.13. The van der Waals surface area contributed by atoms with E-state index in [2.05, 4.69) is 15.5 Å². The van der Waals surface area contributed by atoms with Crippen LogP contribution < -0.4 is 5.56 Å². The molecule has 1 aromatic heterocycles. The first-order valence-electron chi connectivity index (χ1n) is 7.28. The fourth-order valence-corrected chi connectivity index (χ4v) is 4.33. The summed E-state index contributed by atoms with van der Waals surface area (Å²) in [6, 6.07) is 7.01. The van der Waals surface area contributed by atoms with E-state index in [0.717, 1.165) is 6.04 Å². The molecular formula is C15H20N2O. The summed E-state index contributed by atoms with van der Waals surface area (Å²) < 4.78 is 2.09.